The Morgan fingerprint density at radius 1 is 0.824 bits per heavy atom. The average Bonchev–Trinajstić information content (AvgIpc) is 3.18. The largest absolute Gasteiger partial charge is 0.459 e. The number of aromatic nitrogens is 4. The summed E-state index contributed by atoms with van der Waals surface area (Å²) in [6.07, 6.45) is -12.2. The van der Waals surface area contributed by atoms with Crippen molar-refractivity contribution < 1.29 is 53.5 Å². The van der Waals surface area contributed by atoms with Crippen LogP contribution in [0.4, 0.5) is 49.7 Å². The monoisotopic (exact) mass is 531 g/mol. The maximum absolute atomic E-state index is 13.0. The zero-order chi connectivity index (χ0) is 26.9. The maximum atomic E-state index is 13.0. The quantitative estimate of drug-likeness (QED) is 0.169. The molecule has 34 heavy (non-hydrogen) atoms. The van der Waals surface area contributed by atoms with Crippen LogP contribution in [0, 0.1) is 0 Å². The number of hydrogen-bond acceptors (Lipinski definition) is 5. The van der Waals surface area contributed by atoms with Gasteiger partial charge in [-0.05, 0) is 10.6 Å². The number of aldehydes is 2. The summed E-state index contributed by atoms with van der Waals surface area (Å²) < 4.78 is 125. The van der Waals surface area contributed by atoms with Gasteiger partial charge >= 0.3 is 24.2 Å². The van der Waals surface area contributed by atoms with Crippen molar-refractivity contribution >= 4 is 30.0 Å². The van der Waals surface area contributed by atoms with E-state index in [2.05, 4.69) is 20.2 Å². The van der Waals surface area contributed by atoms with Crippen molar-refractivity contribution in [2.75, 3.05) is 0 Å². The Balaban J connectivity index is 0.000000342. The fourth-order valence-corrected chi connectivity index (χ4v) is 2.33. The van der Waals surface area contributed by atoms with Crippen molar-refractivity contribution in [1.29, 1.82) is 0 Å². The number of carbonyl (C=O) groups is 2. The minimum atomic E-state index is -5.91. The van der Waals surface area contributed by atoms with Crippen molar-refractivity contribution in [2.45, 2.75) is 24.2 Å². The minimum Gasteiger partial charge on any atom is -0.298 e. The molecule has 188 valence electrons. The first-order chi connectivity index (χ1) is 15.3. The van der Waals surface area contributed by atoms with E-state index in [9.17, 15) is 53.5 Å². The highest BCUT2D eigenvalue weighted by Crippen LogP contribution is 2.46. The Hall–Kier alpha value is -3.34. The Labute approximate surface area is 185 Å². The SMILES string of the molecule is Cn1nc(C(F)(F)C(F)(F)F)c(C=O)c1Cl.Cn1nc(C(F)(F)C(F)(F)F)c(C=O)c1N=[N+]=[N-]. The second kappa shape index (κ2) is 9.49. The maximum Gasteiger partial charge on any atom is 0.459 e. The van der Waals surface area contributed by atoms with E-state index in [0.29, 0.717) is 9.36 Å². The van der Waals surface area contributed by atoms with Gasteiger partial charge in [0.1, 0.15) is 11.0 Å². The molecule has 0 unspecified atom stereocenters. The van der Waals surface area contributed by atoms with Gasteiger partial charge in [0.25, 0.3) is 0 Å². The number of alkyl halides is 10. The molecule has 0 aliphatic carbocycles. The van der Waals surface area contributed by atoms with E-state index in [1.165, 1.54) is 0 Å². The van der Waals surface area contributed by atoms with Gasteiger partial charge < -0.3 is 0 Å². The van der Waals surface area contributed by atoms with Crippen LogP contribution in [0.3, 0.4) is 0 Å². The molecule has 2 aromatic heterocycles. The highest BCUT2D eigenvalue weighted by atomic mass is 35.5. The van der Waals surface area contributed by atoms with Crippen LogP contribution in [0.1, 0.15) is 32.1 Å². The average molecular weight is 532 g/mol. The van der Waals surface area contributed by atoms with Gasteiger partial charge in [0, 0.05) is 19.0 Å². The topological polar surface area (TPSA) is 119 Å². The number of azide groups is 1. The highest BCUT2D eigenvalue weighted by Gasteiger charge is 2.62. The highest BCUT2D eigenvalue weighted by molar-refractivity contribution is 6.32. The summed E-state index contributed by atoms with van der Waals surface area (Å²) in [5.74, 6) is -11.2. The van der Waals surface area contributed by atoms with Crippen LogP contribution in [-0.4, -0.2) is 44.5 Å². The molecule has 0 saturated heterocycles. The van der Waals surface area contributed by atoms with Crippen molar-refractivity contribution in [3.63, 3.8) is 0 Å². The molecule has 0 saturated carbocycles. The number of hydrogen-bond donors (Lipinski definition) is 0. The molecule has 9 nitrogen and oxygen atoms in total. The van der Waals surface area contributed by atoms with Crippen LogP contribution >= 0.6 is 11.6 Å². The summed E-state index contributed by atoms with van der Waals surface area (Å²) in [5, 5.41) is 8.06. The van der Waals surface area contributed by atoms with Gasteiger partial charge in [-0.2, -0.15) is 54.1 Å². The third kappa shape index (κ3) is 5.09. The fraction of sp³-hybridized carbons (Fsp3) is 0.429. The van der Waals surface area contributed by atoms with Gasteiger partial charge in [0.2, 0.25) is 0 Å². The minimum absolute atomic E-state index is 0.190. The molecule has 0 aliphatic heterocycles. The van der Waals surface area contributed by atoms with Gasteiger partial charge in [-0.1, -0.05) is 11.6 Å². The number of halogens is 11. The summed E-state index contributed by atoms with van der Waals surface area (Å²) in [4.78, 5) is 23.2. The third-order valence-electron chi connectivity index (χ3n) is 3.75. The molecule has 0 N–H and O–H groups in total. The lowest BCUT2D eigenvalue weighted by molar-refractivity contribution is -0.291. The van der Waals surface area contributed by atoms with Gasteiger partial charge in [-0.15, -0.1) is 0 Å². The first-order valence-electron chi connectivity index (χ1n) is 7.94. The molecule has 0 fully saturated rings. The van der Waals surface area contributed by atoms with Crippen LogP contribution in [0.2, 0.25) is 5.15 Å². The molecule has 0 amide bonds. The lowest BCUT2D eigenvalue weighted by Crippen LogP contribution is -2.35. The molecule has 0 spiro atoms. The second-order valence-electron chi connectivity index (χ2n) is 5.96. The zero-order valence-corrected chi connectivity index (χ0v) is 17.0. The summed E-state index contributed by atoms with van der Waals surface area (Å²) in [6, 6.07) is 0. The second-order valence-corrected chi connectivity index (χ2v) is 6.31. The summed E-state index contributed by atoms with van der Waals surface area (Å²) in [7, 11) is 2.01. The van der Waals surface area contributed by atoms with Crippen molar-refractivity contribution in [3.8, 4) is 0 Å². The smallest absolute Gasteiger partial charge is 0.298 e. The van der Waals surface area contributed by atoms with E-state index in [-0.39, 0.29) is 12.6 Å². The van der Waals surface area contributed by atoms with E-state index in [1.807, 2.05) is 0 Å². The molecule has 0 radical (unpaired) electrons. The normalized spacial score (nSPS) is 12.5. The van der Waals surface area contributed by atoms with Crippen LogP contribution in [-0.2, 0) is 25.9 Å². The molecule has 20 heteroatoms. The molecule has 0 aliphatic rings. The molecular formula is C14H8ClF10N7O2. The lowest BCUT2D eigenvalue weighted by atomic mass is 10.1. The first kappa shape index (κ1) is 28.7. The Kier molecular flexibility index (Phi) is 8.01. The first-order valence-corrected chi connectivity index (χ1v) is 8.32. The summed E-state index contributed by atoms with van der Waals surface area (Å²) >= 11 is 5.34. The Bertz CT molecular complexity index is 1130. The van der Waals surface area contributed by atoms with E-state index in [0.717, 1.165) is 14.1 Å². The molecule has 0 aromatic carbocycles. The lowest BCUT2D eigenvalue weighted by Gasteiger charge is -2.17. The zero-order valence-electron chi connectivity index (χ0n) is 16.3. The van der Waals surface area contributed by atoms with Crippen molar-refractivity contribution in [2.24, 2.45) is 19.2 Å². The standard InChI is InChI=1S/C7H4ClF5N2O.C7H4F5N5O/c1-15-5(8)3(2-16)4(14-15)6(9,10)7(11,12)13;1-17-5(14-16-13)3(2-18)4(15-17)6(8,9)7(10,11)12/h2H,1H3;2H,1H3. The van der Waals surface area contributed by atoms with Gasteiger partial charge in [-0.25, -0.2) is 0 Å². The number of rotatable bonds is 5. The van der Waals surface area contributed by atoms with Crippen LogP contribution in [0.5, 0.6) is 0 Å². The molecule has 0 atom stereocenters. The van der Waals surface area contributed by atoms with Gasteiger partial charge in [0.05, 0.1) is 11.1 Å². The molecule has 2 heterocycles. The summed E-state index contributed by atoms with van der Waals surface area (Å²) in [5.41, 5.74) is 2.57. The molecule has 2 rings (SSSR count). The number of nitrogens with zero attached hydrogens (tertiary/aromatic N) is 7. The Morgan fingerprint density at radius 3 is 1.56 bits per heavy atom. The Morgan fingerprint density at radius 2 is 1.21 bits per heavy atom. The molecule has 0 bridgehead atoms. The van der Waals surface area contributed by atoms with E-state index < -0.39 is 57.7 Å². The van der Waals surface area contributed by atoms with Crippen LogP contribution in [0.25, 0.3) is 10.4 Å². The fourth-order valence-electron chi connectivity index (χ4n) is 2.16. The van der Waals surface area contributed by atoms with Crippen molar-refractivity contribution in [3.05, 3.63) is 38.1 Å². The van der Waals surface area contributed by atoms with Crippen LogP contribution < -0.4 is 0 Å². The predicted octanol–water partition coefficient (Wildman–Crippen LogP) is 5.37. The van der Waals surface area contributed by atoms with Crippen molar-refractivity contribution in [1.82, 2.24) is 19.6 Å². The molecule has 2 aromatic rings. The number of carbonyl (C=O) groups excluding carboxylic acids is 2. The van der Waals surface area contributed by atoms with E-state index in [4.69, 9.17) is 17.1 Å². The van der Waals surface area contributed by atoms with E-state index >= 15 is 0 Å². The van der Waals surface area contributed by atoms with Gasteiger partial charge in [0.15, 0.2) is 24.0 Å². The van der Waals surface area contributed by atoms with Crippen LogP contribution in [0.15, 0.2) is 5.11 Å². The van der Waals surface area contributed by atoms with E-state index in [1.54, 1.807) is 0 Å². The number of aryl methyl sites for hydroxylation is 2. The predicted molar refractivity (Wildman–Crippen MR) is 90.9 cm³/mol. The molecular weight excluding hydrogens is 524 g/mol. The van der Waals surface area contributed by atoms with Gasteiger partial charge in [-0.3, -0.25) is 19.0 Å². The third-order valence-corrected chi connectivity index (χ3v) is 4.19. The summed E-state index contributed by atoms with van der Waals surface area (Å²) in [6.45, 7) is 0.